The van der Waals surface area contributed by atoms with E-state index in [2.05, 4.69) is 20.9 Å². The summed E-state index contributed by atoms with van der Waals surface area (Å²) in [5, 5.41) is 8.80. The van der Waals surface area contributed by atoms with Gasteiger partial charge in [0.1, 0.15) is 5.60 Å². The van der Waals surface area contributed by atoms with Crippen LogP contribution in [0.3, 0.4) is 0 Å². The number of ether oxygens (including phenoxy) is 1. The first-order chi connectivity index (χ1) is 13.2. The quantitative estimate of drug-likeness (QED) is 0.707. The van der Waals surface area contributed by atoms with Crippen LogP contribution in [-0.2, 0) is 11.3 Å². The molecule has 2 amide bonds. The lowest BCUT2D eigenvalue weighted by molar-refractivity contribution is 0.0635. The van der Waals surface area contributed by atoms with Gasteiger partial charge in [0.2, 0.25) is 0 Å². The van der Waals surface area contributed by atoms with Crippen molar-refractivity contribution >= 4 is 17.7 Å². The third-order valence-corrected chi connectivity index (χ3v) is 4.01. The van der Waals surface area contributed by atoms with E-state index in [0.29, 0.717) is 17.8 Å². The molecule has 1 heterocycles. The Labute approximate surface area is 165 Å². The van der Waals surface area contributed by atoms with Gasteiger partial charge >= 0.3 is 6.09 Å². The van der Waals surface area contributed by atoms with Crippen LogP contribution in [0.4, 0.5) is 10.5 Å². The Morgan fingerprint density at radius 3 is 2.43 bits per heavy atom. The Morgan fingerprint density at radius 1 is 1.14 bits per heavy atom. The van der Waals surface area contributed by atoms with Crippen LogP contribution < -0.4 is 16.0 Å². The molecule has 7 nitrogen and oxygen atoms in total. The Morgan fingerprint density at radius 2 is 1.82 bits per heavy atom. The van der Waals surface area contributed by atoms with Crippen molar-refractivity contribution in [2.24, 2.45) is 0 Å². The Kier molecular flexibility index (Phi) is 7.12. The Hall–Kier alpha value is -2.93. The summed E-state index contributed by atoms with van der Waals surface area (Å²) in [6, 6.07) is 9.09. The van der Waals surface area contributed by atoms with Gasteiger partial charge < -0.3 is 15.4 Å². The molecule has 150 valence electrons. The van der Waals surface area contributed by atoms with Gasteiger partial charge in [0.05, 0.1) is 5.69 Å². The third kappa shape index (κ3) is 6.35. The van der Waals surface area contributed by atoms with Gasteiger partial charge in [-0.05, 0) is 51.5 Å². The number of carbonyl (C=O) groups is 2. The predicted molar refractivity (Wildman–Crippen MR) is 109 cm³/mol. The average Bonchev–Trinajstić information content (AvgIpc) is 2.64. The normalized spacial score (nSPS) is 12.2. The van der Waals surface area contributed by atoms with E-state index in [9.17, 15) is 9.59 Å². The van der Waals surface area contributed by atoms with E-state index >= 15 is 0 Å². The van der Waals surface area contributed by atoms with Crippen LogP contribution >= 0.6 is 0 Å². The van der Waals surface area contributed by atoms with Gasteiger partial charge in [0.25, 0.3) is 5.91 Å². The number of carbonyl (C=O) groups excluding carboxylic acids is 2. The maximum atomic E-state index is 12.1. The molecular weight excluding hydrogens is 356 g/mol. The van der Waals surface area contributed by atoms with E-state index in [1.54, 1.807) is 37.6 Å². The molecule has 0 saturated carbocycles. The van der Waals surface area contributed by atoms with Crippen LogP contribution in [0.25, 0.3) is 0 Å². The Balaban J connectivity index is 2.01. The van der Waals surface area contributed by atoms with E-state index in [1.165, 1.54) is 0 Å². The maximum absolute atomic E-state index is 12.1. The molecule has 0 saturated heterocycles. The first-order valence-corrected chi connectivity index (χ1v) is 9.18. The lowest BCUT2D eigenvalue weighted by atomic mass is 10.1. The zero-order valence-corrected chi connectivity index (χ0v) is 17.0. The molecule has 0 spiro atoms. The summed E-state index contributed by atoms with van der Waals surface area (Å²) in [5.41, 5.74) is 2.61. The molecule has 0 aliphatic heterocycles. The van der Waals surface area contributed by atoms with E-state index < -0.39 is 11.7 Å². The summed E-state index contributed by atoms with van der Waals surface area (Å²) in [6.45, 7) is 8.06. The molecule has 0 aliphatic rings. The van der Waals surface area contributed by atoms with E-state index in [-0.39, 0.29) is 11.9 Å². The number of pyridine rings is 1. The lowest BCUT2D eigenvalue weighted by Crippen LogP contribution is -2.28. The van der Waals surface area contributed by atoms with Gasteiger partial charge in [0, 0.05) is 43.2 Å². The number of nitrogens with zero attached hydrogens (tertiary/aromatic N) is 1. The van der Waals surface area contributed by atoms with Crippen LogP contribution in [0.2, 0.25) is 0 Å². The number of aromatic nitrogens is 1. The average molecular weight is 384 g/mol. The van der Waals surface area contributed by atoms with Crippen molar-refractivity contribution < 1.29 is 14.3 Å². The first-order valence-electron chi connectivity index (χ1n) is 9.18. The van der Waals surface area contributed by atoms with Gasteiger partial charge in [-0.3, -0.25) is 15.1 Å². The second-order valence-corrected chi connectivity index (χ2v) is 7.47. The zero-order valence-electron chi connectivity index (χ0n) is 17.0. The summed E-state index contributed by atoms with van der Waals surface area (Å²) < 4.78 is 5.32. The zero-order chi connectivity index (χ0) is 20.7. The van der Waals surface area contributed by atoms with E-state index in [4.69, 9.17) is 4.74 Å². The van der Waals surface area contributed by atoms with Crippen LogP contribution in [0.15, 0.2) is 42.7 Å². The lowest BCUT2D eigenvalue weighted by Gasteiger charge is -2.22. The smallest absolute Gasteiger partial charge is 0.412 e. The highest BCUT2D eigenvalue weighted by molar-refractivity contribution is 5.93. The summed E-state index contributed by atoms with van der Waals surface area (Å²) in [6.07, 6.45) is 2.84. The number of hydrogen-bond acceptors (Lipinski definition) is 5. The monoisotopic (exact) mass is 384 g/mol. The van der Waals surface area contributed by atoms with Crippen molar-refractivity contribution in [3.05, 3.63) is 59.4 Å². The number of anilines is 1. The highest BCUT2D eigenvalue weighted by Gasteiger charge is 2.18. The molecule has 1 aromatic carbocycles. The van der Waals surface area contributed by atoms with Crippen LogP contribution in [0.5, 0.6) is 0 Å². The largest absolute Gasteiger partial charge is 0.444 e. The summed E-state index contributed by atoms with van der Waals surface area (Å²) in [5.74, 6) is -0.110. The molecule has 0 unspecified atom stereocenters. The van der Waals surface area contributed by atoms with E-state index in [0.717, 1.165) is 11.1 Å². The minimum Gasteiger partial charge on any atom is -0.444 e. The molecule has 0 radical (unpaired) electrons. The fourth-order valence-electron chi connectivity index (χ4n) is 2.58. The fourth-order valence-corrected chi connectivity index (χ4v) is 2.58. The van der Waals surface area contributed by atoms with Crippen molar-refractivity contribution in [3.8, 4) is 0 Å². The van der Waals surface area contributed by atoms with Gasteiger partial charge in [0.15, 0.2) is 0 Å². The fraction of sp³-hybridized carbons (Fsp3) is 0.381. The molecule has 3 N–H and O–H groups in total. The molecule has 2 aromatic rings. The van der Waals surface area contributed by atoms with Crippen molar-refractivity contribution in [3.63, 3.8) is 0 Å². The first kappa shape index (κ1) is 21.4. The van der Waals surface area contributed by atoms with Gasteiger partial charge in [-0.25, -0.2) is 4.79 Å². The van der Waals surface area contributed by atoms with Gasteiger partial charge in [-0.15, -0.1) is 0 Å². The highest BCUT2D eigenvalue weighted by Crippen LogP contribution is 2.23. The van der Waals surface area contributed by atoms with Crippen LogP contribution in [0, 0.1) is 0 Å². The SMILES string of the molecule is CNC(=O)c1ccc(CN[C@H](C)c2cnccc2NC(=O)OC(C)(C)C)cc1. The third-order valence-electron chi connectivity index (χ3n) is 4.01. The van der Waals surface area contributed by atoms with Gasteiger partial charge in [-0.2, -0.15) is 0 Å². The molecule has 1 aromatic heterocycles. The van der Waals surface area contributed by atoms with Crippen molar-refractivity contribution in [1.82, 2.24) is 15.6 Å². The minimum absolute atomic E-state index is 0.0581. The van der Waals surface area contributed by atoms with Gasteiger partial charge in [-0.1, -0.05) is 12.1 Å². The van der Waals surface area contributed by atoms with Crippen molar-refractivity contribution in [1.29, 1.82) is 0 Å². The number of rotatable bonds is 6. The minimum atomic E-state index is -0.567. The van der Waals surface area contributed by atoms with Crippen LogP contribution in [-0.4, -0.2) is 29.6 Å². The van der Waals surface area contributed by atoms with Crippen LogP contribution in [0.1, 0.15) is 55.2 Å². The standard InChI is InChI=1S/C21H28N4O3/c1-14(24-12-15-6-8-16(9-7-15)19(26)22-5)17-13-23-11-10-18(17)25-20(27)28-21(2,3)4/h6-11,13-14,24H,12H2,1-5H3,(H,22,26)(H,23,25,27)/t14-/m1/s1. The molecule has 1 atom stereocenters. The Bertz CT molecular complexity index is 813. The number of hydrogen-bond donors (Lipinski definition) is 3. The summed E-state index contributed by atoms with van der Waals surface area (Å²) >= 11 is 0. The molecule has 2 rings (SSSR count). The topological polar surface area (TPSA) is 92.4 Å². The number of nitrogens with one attached hydrogen (secondary N) is 3. The molecule has 0 fully saturated rings. The molecular formula is C21H28N4O3. The van der Waals surface area contributed by atoms with Crippen molar-refractivity contribution in [2.45, 2.75) is 45.9 Å². The highest BCUT2D eigenvalue weighted by atomic mass is 16.6. The molecule has 0 aliphatic carbocycles. The predicted octanol–water partition coefficient (Wildman–Crippen LogP) is 3.64. The molecule has 0 bridgehead atoms. The summed E-state index contributed by atoms with van der Waals surface area (Å²) in [7, 11) is 1.61. The molecule has 28 heavy (non-hydrogen) atoms. The molecule has 7 heteroatoms. The van der Waals surface area contributed by atoms with Crippen molar-refractivity contribution in [2.75, 3.05) is 12.4 Å². The number of benzene rings is 1. The maximum Gasteiger partial charge on any atom is 0.412 e. The number of amides is 2. The summed E-state index contributed by atoms with van der Waals surface area (Å²) in [4.78, 5) is 27.9. The second kappa shape index (κ2) is 9.32. The van der Waals surface area contributed by atoms with E-state index in [1.807, 2.05) is 39.8 Å². The second-order valence-electron chi connectivity index (χ2n) is 7.47.